The van der Waals surface area contributed by atoms with Crippen molar-refractivity contribution in [2.45, 2.75) is 30.0 Å². The zero-order chi connectivity index (χ0) is 17.0. The molecule has 2 fully saturated rings. The summed E-state index contributed by atoms with van der Waals surface area (Å²) in [5.74, 6) is 0. The van der Waals surface area contributed by atoms with Crippen LogP contribution in [0.1, 0.15) is 17.7 Å². The Balaban J connectivity index is 1.75. The first kappa shape index (κ1) is 18.3. The lowest BCUT2D eigenvalue weighted by atomic mass is 10.1. The lowest BCUT2D eigenvalue weighted by molar-refractivity contribution is 0.0292. The van der Waals surface area contributed by atoms with Crippen LogP contribution in [-0.2, 0) is 19.5 Å². The third-order valence-electron chi connectivity index (χ3n) is 4.62. The van der Waals surface area contributed by atoms with Crippen LogP contribution in [0.15, 0.2) is 16.3 Å². The number of thiophene rings is 1. The Morgan fingerprint density at radius 3 is 2.46 bits per heavy atom. The molecule has 0 N–H and O–H groups in total. The molecule has 0 atom stereocenters. The number of nitrogens with zero attached hydrogens (tertiary/aromatic N) is 2. The van der Waals surface area contributed by atoms with Gasteiger partial charge in [-0.05, 0) is 31.9 Å². The summed E-state index contributed by atoms with van der Waals surface area (Å²) in [6.07, 6.45) is 1.54. The molecule has 0 aliphatic carbocycles. The highest BCUT2D eigenvalue weighted by molar-refractivity contribution is 7.91. The smallest absolute Gasteiger partial charge is 0.252 e. The van der Waals surface area contributed by atoms with Gasteiger partial charge in [0.2, 0.25) is 0 Å². The highest BCUT2D eigenvalue weighted by Crippen LogP contribution is 2.28. The zero-order valence-corrected chi connectivity index (χ0v) is 15.8. The van der Waals surface area contributed by atoms with Gasteiger partial charge in [0.05, 0.1) is 13.2 Å². The molecule has 2 aliphatic rings. The third kappa shape index (κ3) is 4.36. The summed E-state index contributed by atoms with van der Waals surface area (Å²) in [7, 11) is -3.44. The van der Waals surface area contributed by atoms with Crippen LogP contribution >= 0.6 is 11.3 Å². The van der Waals surface area contributed by atoms with E-state index in [1.807, 2.05) is 13.0 Å². The normalized spacial score (nSPS) is 21.4. The highest BCUT2D eigenvalue weighted by Gasteiger charge is 2.33. The summed E-state index contributed by atoms with van der Waals surface area (Å²) in [6.45, 7) is 7.71. The van der Waals surface area contributed by atoms with Crippen LogP contribution in [-0.4, -0.2) is 76.3 Å². The van der Waals surface area contributed by atoms with E-state index in [0.29, 0.717) is 24.0 Å². The number of rotatable bonds is 6. The molecule has 136 valence electrons. The average molecular weight is 375 g/mol. The first-order chi connectivity index (χ1) is 11.6. The van der Waals surface area contributed by atoms with E-state index in [9.17, 15) is 8.42 Å². The predicted octanol–water partition coefficient (Wildman–Crippen LogP) is 1.56. The lowest BCUT2D eigenvalue weighted by Crippen LogP contribution is -2.48. The fourth-order valence-electron chi connectivity index (χ4n) is 3.20. The number of hydrogen-bond donors (Lipinski definition) is 0. The molecule has 1 aromatic rings. The Labute approximate surface area is 148 Å². The molecule has 0 saturated carbocycles. The SMILES string of the molecule is Cc1ccc(S(=O)(=O)N(CCN2CCOCC2)C2CCOCC2)s1. The molecule has 0 unspecified atom stereocenters. The Bertz CT molecular complexity index is 620. The van der Waals surface area contributed by atoms with Crippen molar-refractivity contribution in [1.29, 1.82) is 0 Å². The number of morpholine rings is 1. The molecular weight excluding hydrogens is 348 g/mol. The van der Waals surface area contributed by atoms with Crippen molar-refractivity contribution >= 4 is 21.4 Å². The molecule has 8 heteroatoms. The van der Waals surface area contributed by atoms with Crippen molar-refractivity contribution in [3.05, 3.63) is 17.0 Å². The first-order valence-corrected chi connectivity index (χ1v) is 10.8. The fourth-order valence-corrected chi connectivity index (χ4v) is 6.29. The quantitative estimate of drug-likeness (QED) is 0.756. The van der Waals surface area contributed by atoms with E-state index in [0.717, 1.165) is 50.6 Å². The van der Waals surface area contributed by atoms with E-state index in [2.05, 4.69) is 4.90 Å². The maximum atomic E-state index is 13.2. The zero-order valence-electron chi connectivity index (χ0n) is 14.1. The number of sulfonamides is 1. The third-order valence-corrected chi connectivity index (χ3v) is 8.04. The van der Waals surface area contributed by atoms with E-state index < -0.39 is 10.0 Å². The van der Waals surface area contributed by atoms with Gasteiger partial charge in [-0.25, -0.2) is 8.42 Å². The standard InChI is InChI=1S/C16H26N2O4S2/c1-14-2-3-16(23-14)24(19,20)18(15-4-10-21-11-5-15)7-6-17-8-12-22-13-9-17/h2-3,15H,4-13H2,1H3. The van der Waals surface area contributed by atoms with Gasteiger partial charge >= 0.3 is 0 Å². The minimum absolute atomic E-state index is 0.0344. The minimum Gasteiger partial charge on any atom is -0.381 e. The number of hydrogen-bond acceptors (Lipinski definition) is 6. The van der Waals surface area contributed by atoms with Crippen molar-refractivity contribution in [2.75, 3.05) is 52.6 Å². The summed E-state index contributed by atoms with van der Waals surface area (Å²) < 4.78 is 39.3. The maximum Gasteiger partial charge on any atom is 0.252 e. The van der Waals surface area contributed by atoms with Gasteiger partial charge in [0.1, 0.15) is 4.21 Å². The minimum atomic E-state index is -3.44. The molecule has 0 bridgehead atoms. The van der Waals surface area contributed by atoms with Gasteiger partial charge in [-0.1, -0.05) is 0 Å². The molecule has 3 rings (SSSR count). The molecule has 0 amide bonds. The van der Waals surface area contributed by atoms with E-state index >= 15 is 0 Å². The average Bonchev–Trinajstić information content (AvgIpc) is 3.04. The van der Waals surface area contributed by atoms with Crippen molar-refractivity contribution in [3.8, 4) is 0 Å². The van der Waals surface area contributed by atoms with Gasteiger partial charge in [0.25, 0.3) is 10.0 Å². The summed E-state index contributed by atoms with van der Waals surface area (Å²) in [4.78, 5) is 3.30. The summed E-state index contributed by atoms with van der Waals surface area (Å²) in [5.41, 5.74) is 0. The molecule has 24 heavy (non-hydrogen) atoms. The molecule has 0 aromatic carbocycles. The lowest BCUT2D eigenvalue weighted by Gasteiger charge is -2.35. The fraction of sp³-hybridized carbons (Fsp3) is 0.750. The molecule has 1 aromatic heterocycles. The second-order valence-electron chi connectivity index (χ2n) is 6.28. The first-order valence-electron chi connectivity index (χ1n) is 8.53. The van der Waals surface area contributed by atoms with E-state index in [1.54, 1.807) is 10.4 Å². The van der Waals surface area contributed by atoms with Crippen LogP contribution in [0.4, 0.5) is 0 Å². The molecule has 0 radical (unpaired) electrons. The summed E-state index contributed by atoms with van der Waals surface area (Å²) in [5, 5.41) is 0. The van der Waals surface area contributed by atoms with E-state index in [4.69, 9.17) is 9.47 Å². The van der Waals surface area contributed by atoms with E-state index in [1.165, 1.54) is 11.3 Å². The van der Waals surface area contributed by atoms with Gasteiger partial charge in [-0.15, -0.1) is 11.3 Å². The molecule has 6 nitrogen and oxygen atoms in total. The van der Waals surface area contributed by atoms with Crippen molar-refractivity contribution < 1.29 is 17.9 Å². The van der Waals surface area contributed by atoms with Crippen LogP contribution in [0.3, 0.4) is 0 Å². The molecular formula is C16H26N2O4S2. The Morgan fingerprint density at radius 2 is 1.83 bits per heavy atom. The summed E-state index contributed by atoms with van der Waals surface area (Å²) >= 11 is 1.35. The van der Waals surface area contributed by atoms with Gasteiger partial charge < -0.3 is 9.47 Å². The second kappa shape index (κ2) is 8.25. The van der Waals surface area contributed by atoms with Gasteiger partial charge in [-0.3, -0.25) is 4.90 Å². The Hall–Kier alpha value is -0.510. The molecule has 2 saturated heterocycles. The van der Waals surface area contributed by atoms with E-state index in [-0.39, 0.29) is 6.04 Å². The van der Waals surface area contributed by atoms with Crippen LogP contribution in [0.2, 0.25) is 0 Å². The number of aryl methyl sites for hydroxylation is 1. The Morgan fingerprint density at radius 1 is 1.17 bits per heavy atom. The van der Waals surface area contributed by atoms with Crippen molar-refractivity contribution in [3.63, 3.8) is 0 Å². The second-order valence-corrected chi connectivity index (χ2v) is 9.68. The Kier molecular flexibility index (Phi) is 6.28. The number of ether oxygens (including phenoxy) is 2. The largest absolute Gasteiger partial charge is 0.381 e. The monoisotopic (exact) mass is 374 g/mol. The van der Waals surface area contributed by atoms with Crippen molar-refractivity contribution in [2.24, 2.45) is 0 Å². The van der Waals surface area contributed by atoms with Gasteiger partial charge in [0, 0.05) is 50.3 Å². The van der Waals surface area contributed by atoms with Crippen molar-refractivity contribution in [1.82, 2.24) is 9.21 Å². The summed E-state index contributed by atoms with van der Waals surface area (Å²) in [6, 6.07) is 3.64. The van der Waals surface area contributed by atoms with Crippen LogP contribution in [0, 0.1) is 6.92 Å². The molecule has 2 aliphatic heterocycles. The molecule has 3 heterocycles. The highest BCUT2D eigenvalue weighted by atomic mass is 32.2. The maximum absolute atomic E-state index is 13.2. The molecule has 0 spiro atoms. The topological polar surface area (TPSA) is 59.1 Å². The predicted molar refractivity (Wildman–Crippen MR) is 94.0 cm³/mol. The van der Waals surface area contributed by atoms with Gasteiger partial charge in [-0.2, -0.15) is 4.31 Å². The van der Waals surface area contributed by atoms with Gasteiger partial charge in [0.15, 0.2) is 0 Å². The van der Waals surface area contributed by atoms with Crippen LogP contribution < -0.4 is 0 Å². The van der Waals surface area contributed by atoms with Crippen LogP contribution in [0.25, 0.3) is 0 Å². The van der Waals surface area contributed by atoms with Crippen LogP contribution in [0.5, 0.6) is 0 Å².